The molecule has 0 saturated heterocycles. The summed E-state index contributed by atoms with van der Waals surface area (Å²) in [7, 11) is 1.59. The van der Waals surface area contributed by atoms with Gasteiger partial charge in [-0.05, 0) is 46.1 Å². The van der Waals surface area contributed by atoms with Gasteiger partial charge in [0.15, 0.2) is 11.5 Å². The molecule has 4 heteroatoms. The normalized spacial score (nSPS) is 10.4. The molecule has 0 spiro atoms. The predicted molar refractivity (Wildman–Crippen MR) is 82.1 cm³/mol. The van der Waals surface area contributed by atoms with Gasteiger partial charge in [-0.15, -0.1) is 0 Å². The van der Waals surface area contributed by atoms with Gasteiger partial charge in [0.1, 0.15) is 6.61 Å². The SMILES string of the molecule is COc1cc(CO)cc(Br)c1OCc1cccc(C)c1. The van der Waals surface area contributed by atoms with E-state index in [1.54, 1.807) is 13.2 Å². The average Bonchev–Trinajstić information content (AvgIpc) is 2.45. The van der Waals surface area contributed by atoms with Gasteiger partial charge in [0, 0.05) is 0 Å². The van der Waals surface area contributed by atoms with Crippen molar-refractivity contribution in [3.05, 3.63) is 57.6 Å². The van der Waals surface area contributed by atoms with E-state index in [4.69, 9.17) is 9.47 Å². The van der Waals surface area contributed by atoms with Crippen molar-refractivity contribution in [1.82, 2.24) is 0 Å². The van der Waals surface area contributed by atoms with Crippen molar-refractivity contribution in [2.24, 2.45) is 0 Å². The number of benzene rings is 2. The Morgan fingerprint density at radius 2 is 1.95 bits per heavy atom. The Bertz CT molecular complexity index is 596. The van der Waals surface area contributed by atoms with Crippen molar-refractivity contribution in [2.45, 2.75) is 20.1 Å². The number of hydrogen-bond acceptors (Lipinski definition) is 3. The van der Waals surface area contributed by atoms with E-state index in [9.17, 15) is 5.11 Å². The van der Waals surface area contributed by atoms with Crippen LogP contribution in [-0.2, 0) is 13.2 Å². The highest BCUT2D eigenvalue weighted by Crippen LogP contribution is 2.37. The zero-order chi connectivity index (χ0) is 14.5. The lowest BCUT2D eigenvalue weighted by Gasteiger charge is -2.14. The van der Waals surface area contributed by atoms with Gasteiger partial charge in [0.25, 0.3) is 0 Å². The smallest absolute Gasteiger partial charge is 0.175 e. The second-order valence-electron chi connectivity index (χ2n) is 4.54. The molecule has 0 heterocycles. The third-order valence-electron chi connectivity index (χ3n) is 2.94. The van der Waals surface area contributed by atoms with Gasteiger partial charge < -0.3 is 14.6 Å². The molecule has 20 heavy (non-hydrogen) atoms. The van der Waals surface area contributed by atoms with Gasteiger partial charge in [0.05, 0.1) is 18.2 Å². The molecule has 0 aliphatic carbocycles. The van der Waals surface area contributed by atoms with E-state index in [0.717, 1.165) is 15.6 Å². The summed E-state index contributed by atoms with van der Waals surface area (Å²) in [6.07, 6.45) is 0. The summed E-state index contributed by atoms with van der Waals surface area (Å²) in [6, 6.07) is 11.8. The Hall–Kier alpha value is -1.52. The van der Waals surface area contributed by atoms with Gasteiger partial charge in [-0.1, -0.05) is 29.8 Å². The molecule has 0 unspecified atom stereocenters. The molecule has 0 atom stereocenters. The lowest BCUT2D eigenvalue weighted by atomic mass is 10.1. The fraction of sp³-hybridized carbons (Fsp3) is 0.250. The molecule has 0 fully saturated rings. The van der Waals surface area contributed by atoms with E-state index in [1.807, 2.05) is 18.2 Å². The maximum atomic E-state index is 9.19. The van der Waals surface area contributed by atoms with Crippen LogP contribution in [0.2, 0.25) is 0 Å². The molecule has 0 aromatic heterocycles. The molecule has 0 bridgehead atoms. The van der Waals surface area contributed by atoms with Crippen LogP contribution in [0.25, 0.3) is 0 Å². The van der Waals surface area contributed by atoms with Crippen LogP contribution in [-0.4, -0.2) is 12.2 Å². The third-order valence-corrected chi connectivity index (χ3v) is 3.53. The maximum Gasteiger partial charge on any atom is 0.175 e. The largest absolute Gasteiger partial charge is 0.493 e. The first kappa shape index (κ1) is 14.9. The van der Waals surface area contributed by atoms with Crippen molar-refractivity contribution in [1.29, 1.82) is 0 Å². The van der Waals surface area contributed by atoms with Crippen molar-refractivity contribution in [2.75, 3.05) is 7.11 Å². The summed E-state index contributed by atoms with van der Waals surface area (Å²) in [5.41, 5.74) is 3.08. The van der Waals surface area contributed by atoms with Crippen LogP contribution >= 0.6 is 15.9 Å². The van der Waals surface area contributed by atoms with Crippen molar-refractivity contribution in [3.63, 3.8) is 0 Å². The number of aliphatic hydroxyl groups excluding tert-OH is 1. The maximum absolute atomic E-state index is 9.19. The Kier molecular flexibility index (Phi) is 5.04. The first-order valence-corrected chi connectivity index (χ1v) is 7.09. The number of ether oxygens (including phenoxy) is 2. The average molecular weight is 337 g/mol. The van der Waals surface area contributed by atoms with E-state index in [1.165, 1.54) is 5.56 Å². The second kappa shape index (κ2) is 6.77. The lowest BCUT2D eigenvalue weighted by molar-refractivity contribution is 0.273. The van der Waals surface area contributed by atoms with Gasteiger partial charge >= 0.3 is 0 Å². The summed E-state index contributed by atoms with van der Waals surface area (Å²) < 4.78 is 11.9. The molecule has 0 saturated carbocycles. The fourth-order valence-corrected chi connectivity index (χ4v) is 2.57. The number of hydrogen-bond donors (Lipinski definition) is 1. The van der Waals surface area contributed by atoms with E-state index >= 15 is 0 Å². The van der Waals surface area contributed by atoms with Crippen LogP contribution in [0.5, 0.6) is 11.5 Å². The monoisotopic (exact) mass is 336 g/mol. The number of halogens is 1. The molecular weight excluding hydrogens is 320 g/mol. The van der Waals surface area contributed by atoms with Gasteiger partial charge in [-0.3, -0.25) is 0 Å². The number of methoxy groups -OCH3 is 1. The van der Waals surface area contributed by atoms with Crippen molar-refractivity contribution >= 4 is 15.9 Å². The van der Waals surface area contributed by atoms with Crippen LogP contribution < -0.4 is 9.47 Å². The fourth-order valence-electron chi connectivity index (χ4n) is 1.96. The standard InChI is InChI=1S/C16H17BrO3/c1-11-4-3-5-12(6-11)10-20-16-14(17)7-13(9-18)8-15(16)19-2/h3-8,18H,9-10H2,1-2H3. The lowest BCUT2D eigenvalue weighted by Crippen LogP contribution is -2.00. The molecule has 0 aliphatic rings. The quantitative estimate of drug-likeness (QED) is 0.901. The minimum atomic E-state index is -0.0346. The minimum absolute atomic E-state index is 0.0346. The molecule has 2 rings (SSSR count). The summed E-state index contributed by atoms with van der Waals surface area (Å²) in [6.45, 7) is 2.48. The summed E-state index contributed by atoms with van der Waals surface area (Å²) in [5, 5.41) is 9.19. The Morgan fingerprint density at radius 3 is 2.60 bits per heavy atom. The Labute approximate surface area is 127 Å². The van der Waals surface area contributed by atoms with Crippen LogP contribution in [0.4, 0.5) is 0 Å². The number of aliphatic hydroxyl groups is 1. The molecule has 0 aliphatic heterocycles. The highest BCUT2D eigenvalue weighted by Gasteiger charge is 2.11. The van der Waals surface area contributed by atoms with E-state index in [0.29, 0.717) is 18.1 Å². The van der Waals surface area contributed by atoms with E-state index in [-0.39, 0.29) is 6.61 Å². The first-order chi connectivity index (χ1) is 9.63. The van der Waals surface area contributed by atoms with Crippen molar-refractivity contribution < 1.29 is 14.6 Å². The molecule has 1 N–H and O–H groups in total. The second-order valence-corrected chi connectivity index (χ2v) is 5.40. The molecular formula is C16H17BrO3. The Morgan fingerprint density at radius 1 is 1.15 bits per heavy atom. The zero-order valence-corrected chi connectivity index (χ0v) is 13.1. The molecule has 3 nitrogen and oxygen atoms in total. The van der Waals surface area contributed by atoms with E-state index < -0.39 is 0 Å². The number of rotatable bonds is 5. The first-order valence-electron chi connectivity index (χ1n) is 6.29. The van der Waals surface area contributed by atoms with Gasteiger partial charge in [0.2, 0.25) is 0 Å². The summed E-state index contributed by atoms with van der Waals surface area (Å²) in [4.78, 5) is 0. The summed E-state index contributed by atoms with van der Waals surface area (Å²) in [5.74, 6) is 1.25. The third kappa shape index (κ3) is 3.52. The molecule has 2 aromatic rings. The summed E-state index contributed by atoms with van der Waals surface area (Å²) >= 11 is 3.45. The van der Waals surface area contributed by atoms with Gasteiger partial charge in [-0.2, -0.15) is 0 Å². The predicted octanol–water partition coefficient (Wildman–Crippen LogP) is 3.84. The van der Waals surface area contributed by atoms with Gasteiger partial charge in [-0.25, -0.2) is 0 Å². The topological polar surface area (TPSA) is 38.7 Å². The molecule has 0 radical (unpaired) electrons. The number of aryl methyl sites for hydroxylation is 1. The van der Waals surface area contributed by atoms with E-state index in [2.05, 4.69) is 35.0 Å². The highest BCUT2D eigenvalue weighted by atomic mass is 79.9. The molecule has 0 amide bonds. The van der Waals surface area contributed by atoms with Crippen molar-refractivity contribution in [3.8, 4) is 11.5 Å². The van der Waals surface area contributed by atoms with Crippen LogP contribution in [0, 0.1) is 6.92 Å². The Balaban J connectivity index is 2.20. The highest BCUT2D eigenvalue weighted by molar-refractivity contribution is 9.10. The molecule has 106 valence electrons. The van der Waals surface area contributed by atoms with Crippen LogP contribution in [0.15, 0.2) is 40.9 Å². The van der Waals surface area contributed by atoms with Crippen LogP contribution in [0.1, 0.15) is 16.7 Å². The minimum Gasteiger partial charge on any atom is -0.493 e. The molecule has 2 aromatic carbocycles. The zero-order valence-electron chi connectivity index (χ0n) is 11.5. The van der Waals surface area contributed by atoms with Crippen LogP contribution in [0.3, 0.4) is 0 Å².